The Labute approximate surface area is 176 Å². The molecular formula is C24H21NO4S. The number of carbonyl (C=O) groups is 1. The first-order valence-electron chi connectivity index (χ1n) is 9.57. The number of cyclic esters (lactones) is 1. The van der Waals surface area contributed by atoms with Gasteiger partial charge in [0.1, 0.15) is 12.1 Å². The van der Waals surface area contributed by atoms with Gasteiger partial charge in [0, 0.05) is 0 Å². The molecule has 0 aromatic heterocycles. The van der Waals surface area contributed by atoms with Gasteiger partial charge >= 0.3 is 6.09 Å². The number of hydrogen-bond donors (Lipinski definition) is 0. The van der Waals surface area contributed by atoms with E-state index in [2.05, 4.69) is 0 Å². The molecule has 0 saturated carbocycles. The van der Waals surface area contributed by atoms with Crippen LogP contribution in [0.4, 0.5) is 4.79 Å². The summed E-state index contributed by atoms with van der Waals surface area (Å²) in [6.45, 7) is 1.87. The third-order valence-corrected chi connectivity index (χ3v) is 6.74. The molecule has 0 spiro atoms. The fourth-order valence-electron chi connectivity index (χ4n) is 3.44. The van der Waals surface area contributed by atoms with Crippen molar-refractivity contribution in [2.45, 2.75) is 24.0 Å². The lowest BCUT2D eigenvalue weighted by atomic mass is 10.0. The molecule has 0 aliphatic carbocycles. The summed E-state index contributed by atoms with van der Waals surface area (Å²) in [6.07, 6.45) is 1.93. The van der Waals surface area contributed by atoms with E-state index in [0.29, 0.717) is 5.56 Å². The highest BCUT2D eigenvalue weighted by Crippen LogP contribution is 2.38. The van der Waals surface area contributed by atoms with Gasteiger partial charge in [-0.25, -0.2) is 13.2 Å². The molecule has 1 amide bonds. The van der Waals surface area contributed by atoms with Crippen LogP contribution < -0.4 is 0 Å². The van der Waals surface area contributed by atoms with Gasteiger partial charge in [-0.3, -0.25) is 0 Å². The van der Waals surface area contributed by atoms with Crippen LogP contribution in [0, 0.1) is 6.92 Å². The Kier molecular flexibility index (Phi) is 5.42. The van der Waals surface area contributed by atoms with E-state index in [1.54, 1.807) is 30.3 Å². The molecule has 0 unspecified atom stereocenters. The van der Waals surface area contributed by atoms with E-state index in [1.165, 1.54) is 12.1 Å². The smallest absolute Gasteiger partial charge is 0.425 e. The van der Waals surface area contributed by atoms with E-state index >= 15 is 0 Å². The highest BCUT2D eigenvalue weighted by atomic mass is 32.2. The van der Waals surface area contributed by atoms with Gasteiger partial charge in [-0.1, -0.05) is 84.4 Å². The quantitative estimate of drug-likeness (QED) is 0.586. The van der Waals surface area contributed by atoms with Crippen molar-refractivity contribution < 1.29 is 17.9 Å². The average Bonchev–Trinajstić information content (AvgIpc) is 3.11. The number of nitrogens with zero attached hydrogens (tertiary/aromatic N) is 1. The zero-order chi connectivity index (χ0) is 21.1. The Morgan fingerprint density at radius 2 is 1.47 bits per heavy atom. The van der Waals surface area contributed by atoms with Crippen LogP contribution in [0.2, 0.25) is 0 Å². The van der Waals surface area contributed by atoms with Crippen LogP contribution in [0.1, 0.15) is 22.7 Å². The monoisotopic (exact) mass is 419 g/mol. The molecule has 1 fully saturated rings. The van der Waals surface area contributed by atoms with Crippen LogP contribution in [-0.2, 0) is 14.8 Å². The first-order chi connectivity index (χ1) is 14.5. The van der Waals surface area contributed by atoms with Crippen molar-refractivity contribution in [3.63, 3.8) is 0 Å². The molecule has 3 aromatic carbocycles. The summed E-state index contributed by atoms with van der Waals surface area (Å²) in [4.78, 5) is 12.8. The van der Waals surface area contributed by atoms with Crippen molar-refractivity contribution in [3.8, 4) is 0 Å². The maximum atomic E-state index is 13.4. The van der Waals surface area contributed by atoms with Gasteiger partial charge in [-0.05, 0) is 36.3 Å². The van der Waals surface area contributed by atoms with Crippen LogP contribution in [-0.4, -0.2) is 24.9 Å². The van der Waals surface area contributed by atoms with Crippen LogP contribution in [0.15, 0.2) is 95.9 Å². The number of rotatable bonds is 5. The molecule has 0 radical (unpaired) electrons. The van der Waals surface area contributed by atoms with Crippen LogP contribution >= 0.6 is 0 Å². The molecule has 1 aliphatic heterocycles. The van der Waals surface area contributed by atoms with Gasteiger partial charge in [0.25, 0.3) is 10.0 Å². The zero-order valence-corrected chi connectivity index (χ0v) is 17.2. The molecule has 152 valence electrons. The maximum absolute atomic E-state index is 13.4. The molecular weight excluding hydrogens is 398 g/mol. The third kappa shape index (κ3) is 3.86. The van der Waals surface area contributed by atoms with Crippen LogP contribution in [0.3, 0.4) is 0 Å². The number of aryl methyl sites for hydroxylation is 1. The van der Waals surface area contributed by atoms with Crippen molar-refractivity contribution in [2.75, 3.05) is 0 Å². The minimum absolute atomic E-state index is 0.0543. The summed E-state index contributed by atoms with van der Waals surface area (Å²) in [5.41, 5.74) is 2.54. The number of benzene rings is 3. The lowest BCUT2D eigenvalue weighted by Gasteiger charge is -2.23. The van der Waals surface area contributed by atoms with E-state index in [4.69, 9.17) is 4.74 Å². The molecule has 4 rings (SSSR count). The number of ether oxygens (including phenoxy) is 1. The van der Waals surface area contributed by atoms with Crippen molar-refractivity contribution in [2.24, 2.45) is 0 Å². The Morgan fingerprint density at radius 1 is 0.867 bits per heavy atom. The Morgan fingerprint density at radius 3 is 2.10 bits per heavy atom. The van der Waals surface area contributed by atoms with Crippen molar-refractivity contribution in [1.29, 1.82) is 0 Å². The Hall–Kier alpha value is -3.38. The standard InChI is InChI=1S/C24H21NO4S/c1-18-12-15-21(16-13-18)30(27,28)25-23(20-10-6-3-7-11-20)22(29-24(25)26)17-14-19-8-4-2-5-9-19/h2-17,22-23H,1H3/b17-14+/t22-,23-/m1/s1. The molecule has 1 aliphatic rings. The topological polar surface area (TPSA) is 63.7 Å². The lowest BCUT2D eigenvalue weighted by molar-refractivity contribution is 0.151. The van der Waals surface area contributed by atoms with Crippen LogP contribution in [0.25, 0.3) is 6.08 Å². The SMILES string of the molecule is Cc1ccc(S(=O)(=O)N2C(=O)O[C@H](/C=C/c3ccccc3)[C@H]2c2ccccc2)cc1. The second kappa shape index (κ2) is 8.16. The second-order valence-electron chi connectivity index (χ2n) is 7.09. The Bertz CT molecular complexity index is 1160. The summed E-state index contributed by atoms with van der Waals surface area (Å²) in [5.74, 6) is 0. The number of hydrogen-bond acceptors (Lipinski definition) is 4. The normalized spacial score (nSPS) is 19.2. The average molecular weight is 420 g/mol. The van der Waals surface area contributed by atoms with E-state index in [9.17, 15) is 13.2 Å². The maximum Gasteiger partial charge on any atom is 0.425 e. The third-order valence-electron chi connectivity index (χ3n) is 4.98. The minimum atomic E-state index is -4.09. The highest BCUT2D eigenvalue weighted by molar-refractivity contribution is 7.89. The number of carbonyl (C=O) groups excluding carboxylic acids is 1. The van der Waals surface area contributed by atoms with Gasteiger partial charge in [0.05, 0.1) is 4.90 Å². The van der Waals surface area contributed by atoms with Gasteiger partial charge in [0.2, 0.25) is 0 Å². The van der Waals surface area contributed by atoms with Gasteiger partial charge < -0.3 is 4.74 Å². The van der Waals surface area contributed by atoms with Gasteiger partial charge in [0.15, 0.2) is 0 Å². The molecule has 3 aromatic rings. The molecule has 1 heterocycles. The van der Waals surface area contributed by atoms with Gasteiger partial charge in [-0.2, -0.15) is 4.31 Å². The minimum Gasteiger partial charge on any atom is -0.438 e. The molecule has 5 nitrogen and oxygen atoms in total. The summed E-state index contributed by atoms with van der Waals surface area (Å²) in [5, 5.41) is 0. The molecule has 6 heteroatoms. The van der Waals surface area contributed by atoms with E-state index in [-0.39, 0.29) is 4.90 Å². The molecule has 2 atom stereocenters. The van der Waals surface area contributed by atoms with Gasteiger partial charge in [-0.15, -0.1) is 0 Å². The highest BCUT2D eigenvalue weighted by Gasteiger charge is 2.48. The first-order valence-corrected chi connectivity index (χ1v) is 11.0. The summed E-state index contributed by atoms with van der Waals surface area (Å²) >= 11 is 0. The fraction of sp³-hybridized carbons (Fsp3) is 0.125. The van der Waals surface area contributed by atoms with Crippen LogP contribution in [0.5, 0.6) is 0 Å². The number of sulfonamides is 1. The first kappa shape index (κ1) is 19.9. The van der Waals surface area contributed by atoms with Crippen molar-refractivity contribution in [1.82, 2.24) is 4.31 Å². The predicted molar refractivity (Wildman–Crippen MR) is 115 cm³/mol. The van der Waals surface area contributed by atoms with E-state index in [0.717, 1.165) is 15.4 Å². The predicted octanol–water partition coefficient (Wildman–Crippen LogP) is 4.96. The number of amides is 1. The summed E-state index contributed by atoms with van der Waals surface area (Å²) < 4.78 is 33.1. The summed E-state index contributed by atoms with van der Waals surface area (Å²) in [6, 6.07) is 24.3. The molecule has 0 N–H and O–H groups in total. The largest absolute Gasteiger partial charge is 0.438 e. The fourth-order valence-corrected chi connectivity index (χ4v) is 4.93. The lowest BCUT2D eigenvalue weighted by Crippen LogP contribution is -2.35. The molecule has 1 saturated heterocycles. The molecule has 30 heavy (non-hydrogen) atoms. The van der Waals surface area contributed by atoms with E-state index in [1.807, 2.05) is 61.5 Å². The molecule has 0 bridgehead atoms. The van der Waals surface area contributed by atoms with E-state index < -0.39 is 28.3 Å². The van der Waals surface area contributed by atoms with Crippen molar-refractivity contribution >= 4 is 22.2 Å². The zero-order valence-electron chi connectivity index (χ0n) is 16.4. The Balaban J connectivity index is 1.76. The van der Waals surface area contributed by atoms with Crippen molar-refractivity contribution in [3.05, 3.63) is 108 Å². The summed E-state index contributed by atoms with van der Waals surface area (Å²) in [7, 11) is -4.09. The second-order valence-corrected chi connectivity index (χ2v) is 8.90.